The van der Waals surface area contributed by atoms with Gasteiger partial charge in [0.15, 0.2) is 0 Å². The molecule has 1 aromatic heterocycles. The second kappa shape index (κ2) is 7.80. The van der Waals surface area contributed by atoms with Crippen molar-refractivity contribution >= 4 is 18.1 Å². The molecule has 0 aliphatic carbocycles. The van der Waals surface area contributed by atoms with Crippen LogP contribution in [0.5, 0.6) is 5.75 Å². The third-order valence-corrected chi connectivity index (χ3v) is 3.02. The molecule has 0 aliphatic rings. The summed E-state index contributed by atoms with van der Waals surface area (Å²) in [6, 6.07) is 8.08. The molecule has 4 nitrogen and oxygen atoms in total. The molecular weight excluding hydrogens is 274 g/mol. The molecule has 20 heavy (non-hydrogen) atoms. The number of anilines is 1. The van der Waals surface area contributed by atoms with Gasteiger partial charge in [-0.15, -0.1) is 12.4 Å². The average Bonchev–Trinajstić information content (AvgIpc) is 2.77. The van der Waals surface area contributed by atoms with Crippen LogP contribution in [0.4, 0.5) is 5.69 Å². The topological polar surface area (TPSA) is 39.1 Å². The number of aryl methyl sites for hydroxylation is 2. The van der Waals surface area contributed by atoms with Crippen LogP contribution in [0, 0.1) is 6.92 Å². The summed E-state index contributed by atoms with van der Waals surface area (Å²) >= 11 is 0. The van der Waals surface area contributed by atoms with E-state index in [1.807, 2.05) is 29.8 Å². The summed E-state index contributed by atoms with van der Waals surface area (Å²) in [6.07, 6.45) is 3.16. The maximum atomic E-state index is 5.22. The normalized spacial score (nSPS) is 9.95. The van der Waals surface area contributed by atoms with Crippen LogP contribution < -0.4 is 10.1 Å². The van der Waals surface area contributed by atoms with Crippen LogP contribution in [0.25, 0.3) is 0 Å². The van der Waals surface area contributed by atoms with Crippen molar-refractivity contribution in [3.63, 3.8) is 0 Å². The van der Waals surface area contributed by atoms with Crippen molar-refractivity contribution in [2.45, 2.75) is 33.4 Å². The summed E-state index contributed by atoms with van der Waals surface area (Å²) in [5.74, 6) is 0.887. The van der Waals surface area contributed by atoms with Gasteiger partial charge in [-0.25, -0.2) is 0 Å². The van der Waals surface area contributed by atoms with Gasteiger partial charge in [0.2, 0.25) is 0 Å². The lowest BCUT2D eigenvalue weighted by Crippen LogP contribution is -2.00. The standard InChI is InChI=1S/C15H21N3O.ClH/c1-4-8-18-11-15(12(2)17-18)16-10-13-6-5-7-14(9-13)19-3;/h5-7,9,11,16H,4,8,10H2,1-3H3;1H. The third-order valence-electron chi connectivity index (χ3n) is 3.02. The van der Waals surface area contributed by atoms with Crippen molar-refractivity contribution in [2.75, 3.05) is 12.4 Å². The van der Waals surface area contributed by atoms with Crippen LogP contribution >= 0.6 is 12.4 Å². The van der Waals surface area contributed by atoms with E-state index in [9.17, 15) is 0 Å². The number of nitrogens with one attached hydrogen (secondary N) is 1. The Hall–Kier alpha value is -1.68. The molecule has 0 amide bonds. The molecule has 1 N–H and O–H groups in total. The molecule has 1 aromatic carbocycles. The van der Waals surface area contributed by atoms with E-state index in [4.69, 9.17) is 4.74 Å². The van der Waals surface area contributed by atoms with Crippen molar-refractivity contribution in [2.24, 2.45) is 0 Å². The van der Waals surface area contributed by atoms with Crippen LogP contribution in [0.3, 0.4) is 0 Å². The van der Waals surface area contributed by atoms with Gasteiger partial charge in [-0.3, -0.25) is 4.68 Å². The van der Waals surface area contributed by atoms with Gasteiger partial charge in [-0.1, -0.05) is 19.1 Å². The van der Waals surface area contributed by atoms with Crippen molar-refractivity contribution in [3.8, 4) is 5.75 Å². The van der Waals surface area contributed by atoms with Gasteiger partial charge in [0.25, 0.3) is 0 Å². The Bertz CT molecular complexity index is 540. The molecule has 110 valence electrons. The molecule has 2 aromatic rings. The summed E-state index contributed by atoms with van der Waals surface area (Å²) in [4.78, 5) is 0. The van der Waals surface area contributed by atoms with Gasteiger partial charge in [-0.2, -0.15) is 5.10 Å². The number of benzene rings is 1. The summed E-state index contributed by atoms with van der Waals surface area (Å²) in [6.45, 7) is 5.91. The maximum Gasteiger partial charge on any atom is 0.119 e. The van der Waals surface area contributed by atoms with E-state index in [1.165, 1.54) is 5.56 Å². The van der Waals surface area contributed by atoms with E-state index >= 15 is 0 Å². The molecule has 5 heteroatoms. The fraction of sp³-hybridized carbons (Fsp3) is 0.400. The second-order valence-corrected chi connectivity index (χ2v) is 4.60. The molecule has 0 radical (unpaired) electrons. The van der Waals surface area contributed by atoms with E-state index in [0.717, 1.165) is 36.6 Å². The first-order valence-corrected chi connectivity index (χ1v) is 6.63. The molecule has 0 aliphatic heterocycles. The molecule has 0 spiro atoms. The molecule has 0 unspecified atom stereocenters. The van der Waals surface area contributed by atoms with Crippen molar-refractivity contribution in [1.82, 2.24) is 9.78 Å². The van der Waals surface area contributed by atoms with Crippen LogP contribution in [0.1, 0.15) is 24.6 Å². The van der Waals surface area contributed by atoms with E-state index in [0.29, 0.717) is 0 Å². The molecule has 0 saturated carbocycles. The van der Waals surface area contributed by atoms with Crippen molar-refractivity contribution in [1.29, 1.82) is 0 Å². The Morgan fingerprint density at radius 2 is 2.15 bits per heavy atom. The average molecular weight is 296 g/mol. The fourth-order valence-electron chi connectivity index (χ4n) is 2.01. The highest BCUT2D eigenvalue weighted by molar-refractivity contribution is 5.85. The molecule has 0 fully saturated rings. The van der Waals surface area contributed by atoms with E-state index in [1.54, 1.807) is 7.11 Å². The largest absolute Gasteiger partial charge is 0.497 e. The molecular formula is C15H22ClN3O. The Morgan fingerprint density at radius 3 is 2.85 bits per heavy atom. The lowest BCUT2D eigenvalue weighted by atomic mass is 10.2. The Morgan fingerprint density at radius 1 is 1.35 bits per heavy atom. The first-order chi connectivity index (χ1) is 9.22. The van der Waals surface area contributed by atoms with Crippen molar-refractivity contribution < 1.29 is 4.74 Å². The zero-order valence-corrected chi connectivity index (χ0v) is 13.0. The fourth-order valence-corrected chi connectivity index (χ4v) is 2.01. The predicted molar refractivity (Wildman–Crippen MR) is 84.8 cm³/mol. The zero-order chi connectivity index (χ0) is 13.7. The Labute approximate surface area is 126 Å². The quantitative estimate of drug-likeness (QED) is 0.884. The number of rotatable bonds is 6. The third kappa shape index (κ3) is 4.17. The number of ether oxygens (including phenoxy) is 1. The van der Waals surface area contributed by atoms with Gasteiger partial charge in [0.1, 0.15) is 5.75 Å². The molecule has 1 heterocycles. The highest BCUT2D eigenvalue weighted by Gasteiger charge is 2.04. The van der Waals surface area contributed by atoms with Crippen LogP contribution in [-0.2, 0) is 13.1 Å². The summed E-state index contributed by atoms with van der Waals surface area (Å²) in [5.41, 5.74) is 3.33. The molecule has 0 atom stereocenters. The number of hydrogen-bond acceptors (Lipinski definition) is 3. The Balaban J connectivity index is 0.00000200. The molecule has 0 bridgehead atoms. The van der Waals surface area contributed by atoms with Gasteiger partial charge < -0.3 is 10.1 Å². The number of halogens is 1. The van der Waals surface area contributed by atoms with Crippen LogP contribution in [0.2, 0.25) is 0 Å². The summed E-state index contributed by atoms with van der Waals surface area (Å²) in [5, 5.41) is 7.90. The first-order valence-electron chi connectivity index (χ1n) is 6.63. The van der Waals surface area contributed by atoms with E-state index in [-0.39, 0.29) is 12.4 Å². The second-order valence-electron chi connectivity index (χ2n) is 4.60. The molecule has 0 saturated heterocycles. The number of hydrogen-bond donors (Lipinski definition) is 1. The number of aromatic nitrogens is 2. The Kier molecular flexibility index (Phi) is 6.39. The number of methoxy groups -OCH3 is 1. The number of nitrogens with zero attached hydrogens (tertiary/aromatic N) is 2. The SMILES string of the molecule is CCCn1cc(NCc2cccc(OC)c2)c(C)n1.Cl. The summed E-state index contributed by atoms with van der Waals surface area (Å²) < 4.78 is 7.21. The zero-order valence-electron chi connectivity index (χ0n) is 12.2. The lowest BCUT2D eigenvalue weighted by Gasteiger charge is -2.06. The van der Waals surface area contributed by atoms with Crippen LogP contribution in [-0.4, -0.2) is 16.9 Å². The van der Waals surface area contributed by atoms with Gasteiger partial charge >= 0.3 is 0 Å². The van der Waals surface area contributed by atoms with Crippen LogP contribution in [0.15, 0.2) is 30.5 Å². The van der Waals surface area contributed by atoms with Crippen molar-refractivity contribution in [3.05, 3.63) is 41.7 Å². The predicted octanol–water partition coefficient (Wildman–Crippen LogP) is 3.64. The smallest absolute Gasteiger partial charge is 0.119 e. The minimum Gasteiger partial charge on any atom is -0.497 e. The molecule has 2 rings (SSSR count). The first kappa shape index (κ1) is 16.4. The summed E-state index contributed by atoms with van der Waals surface area (Å²) in [7, 11) is 1.69. The highest BCUT2D eigenvalue weighted by atomic mass is 35.5. The van der Waals surface area contributed by atoms with Gasteiger partial charge in [0.05, 0.1) is 18.5 Å². The van der Waals surface area contributed by atoms with Gasteiger partial charge in [-0.05, 0) is 31.0 Å². The monoisotopic (exact) mass is 295 g/mol. The van der Waals surface area contributed by atoms with E-state index in [2.05, 4.69) is 29.6 Å². The minimum atomic E-state index is 0. The van der Waals surface area contributed by atoms with E-state index < -0.39 is 0 Å². The highest BCUT2D eigenvalue weighted by Crippen LogP contribution is 2.16. The van der Waals surface area contributed by atoms with Gasteiger partial charge in [0, 0.05) is 19.3 Å². The maximum absolute atomic E-state index is 5.22. The lowest BCUT2D eigenvalue weighted by molar-refractivity contribution is 0.414. The minimum absolute atomic E-state index is 0.